The molecule has 1 aromatic carbocycles. The first-order chi connectivity index (χ1) is 9.71. The van der Waals surface area contributed by atoms with Crippen LogP contribution >= 0.6 is 0 Å². The first-order valence-electron chi connectivity index (χ1n) is 7.72. The monoisotopic (exact) mass is 290 g/mol. The van der Waals surface area contributed by atoms with Crippen molar-refractivity contribution in [3.05, 3.63) is 28.8 Å². The highest BCUT2D eigenvalue weighted by molar-refractivity contribution is 5.71. The minimum atomic E-state index is -0.730. The third-order valence-electron chi connectivity index (χ3n) is 4.37. The van der Waals surface area contributed by atoms with Gasteiger partial charge in [-0.05, 0) is 30.7 Å². The second kappa shape index (κ2) is 5.70. The van der Waals surface area contributed by atoms with Crippen molar-refractivity contribution in [3.63, 3.8) is 0 Å². The van der Waals surface area contributed by atoms with E-state index in [9.17, 15) is 9.90 Å². The van der Waals surface area contributed by atoms with Crippen molar-refractivity contribution in [3.8, 4) is 5.75 Å². The van der Waals surface area contributed by atoms with Crippen LogP contribution in [0.3, 0.4) is 0 Å². The molecule has 0 radical (unpaired) electrons. The van der Waals surface area contributed by atoms with Gasteiger partial charge in [0, 0.05) is 11.5 Å². The smallest absolute Gasteiger partial charge is 0.306 e. The van der Waals surface area contributed by atoms with E-state index in [4.69, 9.17) is 4.74 Å². The largest absolute Gasteiger partial charge is 0.493 e. The van der Waals surface area contributed by atoms with Gasteiger partial charge < -0.3 is 9.84 Å². The molecule has 116 valence electrons. The second-order valence-corrected chi connectivity index (χ2v) is 7.20. The number of hydrogen-bond acceptors (Lipinski definition) is 2. The molecule has 0 spiro atoms. The standard InChI is InChI=1S/C18H26O3/c1-11-9-14-13(12(2)17(19)20)7-6-8-21-16(14)15(10-11)18(3,4)5/h9-10,12-13H,6-8H2,1-5H3,(H,19,20). The molecule has 0 bridgehead atoms. The van der Waals surface area contributed by atoms with E-state index in [1.165, 1.54) is 11.1 Å². The van der Waals surface area contributed by atoms with Gasteiger partial charge in [-0.1, -0.05) is 45.4 Å². The van der Waals surface area contributed by atoms with E-state index in [0.717, 1.165) is 24.2 Å². The normalized spacial score (nSPS) is 20.1. The van der Waals surface area contributed by atoms with Crippen LogP contribution in [-0.2, 0) is 10.2 Å². The number of aliphatic carboxylic acids is 1. The Hall–Kier alpha value is -1.51. The molecule has 1 heterocycles. The Balaban J connectivity index is 2.61. The number of aryl methyl sites for hydroxylation is 1. The van der Waals surface area contributed by atoms with Gasteiger partial charge in [-0.2, -0.15) is 0 Å². The lowest BCUT2D eigenvalue weighted by Crippen LogP contribution is -2.20. The van der Waals surface area contributed by atoms with Crippen LogP contribution in [0.25, 0.3) is 0 Å². The van der Waals surface area contributed by atoms with Crippen molar-refractivity contribution in [1.82, 2.24) is 0 Å². The zero-order valence-electron chi connectivity index (χ0n) is 13.7. The third kappa shape index (κ3) is 3.22. The van der Waals surface area contributed by atoms with Crippen molar-refractivity contribution in [2.45, 2.75) is 58.8 Å². The van der Waals surface area contributed by atoms with E-state index in [-0.39, 0.29) is 17.3 Å². The summed E-state index contributed by atoms with van der Waals surface area (Å²) in [7, 11) is 0. The second-order valence-electron chi connectivity index (χ2n) is 7.20. The molecule has 1 aliphatic rings. The Kier molecular flexibility index (Phi) is 4.31. The van der Waals surface area contributed by atoms with Gasteiger partial charge in [-0.3, -0.25) is 4.79 Å². The number of fused-ring (bicyclic) bond motifs is 1. The van der Waals surface area contributed by atoms with Crippen LogP contribution in [0.2, 0.25) is 0 Å². The van der Waals surface area contributed by atoms with Gasteiger partial charge in [0.25, 0.3) is 0 Å². The molecule has 0 aromatic heterocycles. The quantitative estimate of drug-likeness (QED) is 0.884. The predicted molar refractivity (Wildman–Crippen MR) is 84.1 cm³/mol. The number of carboxylic acids is 1. The highest BCUT2D eigenvalue weighted by Crippen LogP contribution is 2.44. The van der Waals surface area contributed by atoms with Gasteiger partial charge in [-0.25, -0.2) is 0 Å². The summed E-state index contributed by atoms with van der Waals surface area (Å²) in [6.45, 7) is 11.1. The molecule has 3 heteroatoms. The molecule has 0 amide bonds. The minimum Gasteiger partial charge on any atom is -0.493 e. The first kappa shape index (κ1) is 15.9. The van der Waals surface area contributed by atoms with Gasteiger partial charge in [0.15, 0.2) is 0 Å². The van der Waals surface area contributed by atoms with E-state index < -0.39 is 5.97 Å². The van der Waals surface area contributed by atoms with Crippen LogP contribution in [-0.4, -0.2) is 17.7 Å². The summed E-state index contributed by atoms with van der Waals surface area (Å²) in [5.74, 6) is -0.170. The zero-order chi connectivity index (χ0) is 15.8. The first-order valence-corrected chi connectivity index (χ1v) is 7.72. The van der Waals surface area contributed by atoms with E-state index >= 15 is 0 Å². The minimum absolute atomic E-state index is 0.0164. The molecule has 21 heavy (non-hydrogen) atoms. The van der Waals surface area contributed by atoms with Gasteiger partial charge >= 0.3 is 5.97 Å². The van der Waals surface area contributed by atoms with Crippen molar-refractivity contribution in [1.29, 1.82) is 0 Å². The number of benzene rings is 1. The van der Waals surface area contributed by atoms with Gasteiger partial charge in [0.05, 0.1) is 12.5 Å². The lowest BCUT2D eigenvalue weighted by molar-refractivity contribution is -0.141. The average molecular weight is 290 g/mol. The fraction of sp³-hybridized carbons (Fsp3) is 0.611. The fourth-order valence-electron chi connectivity index (χ4n) is 3.12. The SMILES string of the molecule is Cc1cc2c(c(C(C)(C)C)c1)OCCCC2C(C)C(=O)O. The molecular weight excluding hydrogens is 264 g/mol. The Morgan fingerprint density at radius 2 is 2.05 bits per heavy atom. The Bertz CT molecular complexity index is 540. The van der Waals surface area contributed by atoms with E-state index in [2.05, 4.69) is 39.8 Å². The van der Waals surface area contributed by atoms with Crippen LogP contribution in [0.15, 0.2) is 12.1 Å². The molecule has 2 atom stereocenters. The number of hydrogen-bond donors (Lipinski definition) is 1. The maximum Gasteiger partial charge on any atom is 0.306 e. The topological polar surface area (TPSA) is 46.5 Å². The molecular formula is C18H26O3. The molecule has 1 aliphatic heterocycles. The maximum atomic E-state index is 11.4. The van der Waals surface area contributed by atoms with Crippen LogP contribution in [0, 0.1) is 12.8 Å². The molecule has 0 saturated carbocycles. The van der Waals surface area contributed by atoms with Crippen LogP contribution < -0.4 is 4.74 Å². The third-order valence-corrected chi connectivity index (χ3v) is 4.37. The summed E-state index contributed by atoms with van der Waals surface area (Å²) in [5.41, 5.74) is 3.42. The van der Waals surface area contributed by atoms with E-state index in [0.29, 0.717) is 6.61 Å². The summed E-state index contributed by atoms with van der Waals surface area (Å²) in [5, 5.41) is 9.41. The Morgan fingerprint density at radius 1 is 1.38 bits per heavy atom. The van der Waals surface area contributed by atoms with Crippen molar-refractivity contribution in [2.24, 2.45) is 5.92 Å². The van der Waals surface area contributed by atoms with Crippen molar-refractivity contribution < 1.29 is 14.6 Å². The molecule has 0 aliphatic carbocycles. The van der Waals surface area contributed by atoms with E-state index in [1.807, 2.05) is 0 Å². The van der Waals surface area contributed by atoms with Gasteiger partial charge in [0.2, 0.25) is 0 Å². The molecule has 2 rings (SSSR count). The van der Waals surface area contributed by atoms with Gasteiger partial charge in [0.1, 0.15) is 5.75 Å². The van der Waals surface area contributed by atoms with Crippen molar-refractivity contribution >= 4 is 5.97 Å². The number of carboxylic acid groups (broad SMARTS) is 1. The van der Waals surface area contributed by atoms with Gasteiger partial charge in [-0.15, -0.1) is 0 Å². The predicted octanol–water partition coefficient (Wildman–Crippen LogP) is 4.27. The fourth-order valence-corrected chi connectivity index (χ4v) is 3.12. The summed E-state index contributed by atoms with van der Waals surface area (Å²) in [6, 6.07) is 4.28. The molecule has 2 unspecified atom stereocenters. The summed E-state index contributed by atoms with van der Waals surface area (Å²) in [4.78, 5) is 11.4. The lowest BCUT2D eigenvalue weighted by atomic mass is 9.78. The molecule has 1 aromatic rings. The average Bonchev–Trinajstić information content (AvgIpc) is 2.57. The molecule has 0 fully saturated rings. The highest BCUT2D eigenvalue weighted by atomic mass is 16.5. The van der Waals surface area contributed by atoms with Crippen LogP contribution in [0.4, 0.5) is 0 Å². The molecule has 1 N–H and O–H groups in total. The zero-order valence-corrected chi connectivity index (χ0v) is 13.7. The number of rotatable bonds is 2. The summed E-state index contributed by atoms with van der Waals surface area (Å²) in [6.07, 6.45) is 1.77. The lowest BCUT2D eigenvalue weighted by Gasteiger charge is -2.27. The summed E-state index contributed by atoms with van der Waals surface area (Å²) < 4.78 is 6.03. The van der Waals surface area contributed by atoms with E-state index in [1.54, 1.807) is 6.92 Å². The Morgan fingerprint density at radius 3 is 2.62 bits per heavy atom. The summed E-state index contributed by atoms with van der Waals surface area (Å²) >= 11 is 0. The molecule has 0 saturated heterocycles. The molecule has 3 nitrogen and oxygen atoms in total. The Labute approximate surface area is 127 Å². The van der Waals surface area contributed by atoms with Crippen LogP contribution in [0.1, 0.15) is 63.1 Å². The number of carbonyl (C=O) groups is 1. The highest BCUT2D eigenvalue weighted by Gasteiger charge is 2.32. The van der Waals surface area contributed by atoms with Crippen LogP contribution in [0.5, 0.6) is 5.75 Å². The van der Waals surface area contributed by atoms with Crippen molar-refractivity contribution in [2.75, 3.05) is 6.61 Å². The maximum absolute atomic E-state index is 11.4. The number of ether oxygens (including phenoxy) is 1.